The molecule has 0 spiro atoms. The lowest BCUT2D eigenvalue weighted by Gasteiger charge is -2.07. The van der Waals surface area contributed by atoms with Crippen LogP contribution in [0, 0.1) is 17.8 Å². The third kappa shape index (κ3) is 4.58. The van der Waals surface area contributed by atoms with Gasteiger partial charge in [0.25, 0.3) is 0 Å². The molecule has 1 saturated carbocycles. The normalized spacial score (nSPS) is 21.2. The van der Waals surface area contributed by atoms with Gasteiger partial charge in [-0.25, -0.2) is 0 Å². The van der Waals surface area contributed by atoms with Crippen molar-refractivity contribution in [2.24, 2.45) is 17.8 Å². The predicted octanol–water partition coefficient (Wildman–Crippen LogP) is 2.86. The molecule has 0 radical (unpaired) electrons. The van der Waals surface area contributed by atoms with Gasteiger partial charge in [0.2, 0.25) is 5.91 Å². The molecule has 104 valence electrons. The molecule has 1 fully saturated rings. The highest BCUT2D eigenvalue weighted by Gasteiger charge is 2.43. The van der Waals surface area contributed by atoms with E-state index in [1.165, 1.54) is 0 Å². The number of para-hydroxylation sites is 1. The summed E-state index contributed by atoms with van der Waals surface area (Å²) in [6.07, 6.45) is 2.00. The Balaban J connectivity index is 1.63. The van der Waals surface area contributed by atoms with Gasteiger partial charge in [-0.15, -0.1) is 0 Å². The first kappa shape index (κ1) is 13.9. The summed E-state index contributed by atoms with van der Waals surface area (Å²) in [6.45, 7) is 5.77. The van der Waals surface area contributed by atoms with Gasteiger partial charge in [0.15, 0.2) is 0 Å². The summed E-state index contributed by atoms with van der Waals surface area (Å²) < 4.78 is 5.67. The maximum atomic E-state index is 11.8. The molecule has 1 amide bonds. The molecule has 0 aromatic heterocycles. The fourth-order valence-corrected chi connectivity index (χ4v) is 2.09. The van der Waals surface area contributed by atoms with Crippen molar-refractivity contribution in [2.45, 2.75) is 26.7 Å². The maximum Gasteiger partial charge on any atom is 0.223 e. The average Bonchev–Trinajstić information content (AvgIpc) is 3.17. The van der Waals surface area contributed by atoms with Crippen molar-refractivity contribution in [1.29, 1.82) is 0 Å². The summed E-state index contributed by atoms with van der Waals surface area (Å²) in [5.41, 5.74) is 0. The Kier molecular flexibility index (Phi) is 4.83. The van der Waals surface area contributed by atoms with Crippen LogP contribution in [-0.4, -0.2) is 19.1 Å². The average molecular weight is 261 g/mol. The van der Waals surface area contributed by atoms with Crippen LogP contribution >= 0.6 is 0 Å². The molecule has 1 aliphatic rings. The minimum atomic E-state index is 0.163. The molecule has 2 unspecified atom stereocenters. The lowest BCUT2D eigenvalue weighted by Crippen LogP contribution is -2.27. The van der Waals surface area contributed by atoms with Gasteiger partial charge in [0.05, 0.1) is 6.61 Å². The minimum absolute atomic E-state index is 0.163. The Bertz CT molecular complexity index is 402. The van der Waals surface area contributed by atoms with Crippen LogP contribution in [0.1, 0.15) is 26.7 Å². The second-order valence-corrected chi connectivity index (χ2v) is 5.70. The molecule has 1 aromatic carbocycles. The molecule has 1 N–H and O–H groups in total. The standard InChI is InChI=1S/C16H23NO2/c1-12(2)8-9-17-16(18)15-10-13(15)11-19-14-6-4-3-5-7-14/h3-7,12-13,15H,8-11H2,1-2H3,(H,17,18). The molecule has 1 aliphatic carbocycles. The van der Waals surface area contributed by atoms with Gasteiger partial charge >= 0.3 is 0 Å². The molecule has 3 nitrogen and oxygen atoms in total. The van der Waals surface area contributed by atoms with E-state index in [2.05, 4.69) is 19.2 Å². The summed E-state index contributed by atoms with van der Waals surface area (Å²) >= 11 is 0. The van der Waals surface area contributed by atoms with E-state index >= 15 is 0 Å². The van der Waals surface area contributed by atoms with E-state index < -0.39 is 0 Å². The Morgan fingerprint density at radius 3 is 2.79 bits per heavy atom. The predicted molar refractivity (Wildman–Crippen MR) is 76.0 cm³/mol. The van der Waals surface area contributed by atoms with E-state index in [0.717, 1.165) is 25.1 Å². The van der Waals surface area contributed by atoms with Crippen molar-refractivity contribution in [3.8, 4) is 5.75 Å². The fourth-order valence-electron chi connectivity index (χ4n) is 2.09. The molecular formula is C16H23NO2. The van der Waals surface area contributed by atoms with Crippen molar-refractivity contribution in [1.82, 2.24) is 5.32 Å². The number of benzene rings is 1. The van der Waals surface area contributed by atoms with Gasteiger partial charge < -0.3 is 10.1 Å². The van der Waals surface area contributed by atoms with E-state index in [-0.39, 0.29) is 11.8 Å². The number of rotatable bonds is 7. The van der Waals surface area contributed by atoms with Gasteiger partial charge in [0, 0.05) is 18.4 Å². The summed E-state index contributed by atoms with van der Waals surface area (Å²) in [5, 5.41) is 3.01. The van der Waals surface area contributed by atoms with E-state index in [1.807, 2.05) is 30.3 Å². The van der Waals surface area contributed by atoms with Gasteiger partial charge in [-0.05, 0) is 30.9 Å². The Hall–Kier alpha value is -1.51. The molecule has 1 aromatic rings. The first-order valence-electron chi connectivity index (χ1n) is 7.12. The van der Waals surface area contributed by atoms with Crippen LogP contribution in [-0.2, 0) is 4.79 Å². The van der Waals surface area contributed by atoms with Crippen molar-refractivity contribution >= 4 is 5.91 Å². The molecule has 0 heterocycles. The molecule has 19 heavy (non-hydrogen) atoms. The van der Waals surface area contributed by atoms with Gasteiger partial charge in [-0.1, -0.05) is 32.0 Å². The van der Waals surface area contributed by atoms with Crippen molar-refractivity contribution < 1.29 is 9.53 Å². The summed E-state index contributed by atoms with van der Waals surface area (Å²) in [4.78, 5) is 11.8. The van der Waals surface area contributed by atoms with Crippen molar-refractivity contribution in [2.75, 3.05) is 13.2 Å². The largest absolute Gasteiger partial charge is 0.493 e. The van der Waals surface area contributed by atoms with Crippen LogP contribution in [0.2, 0.25) is 0 Å². The third-order valence-electron chi connectivity index (χ3n) is 3.49. The highest BCUT2D eigenvalue weighted by atomic mass is 16.5. The van der Waals surface area contributed by atoms with Crippen LogP contribution in [0.15, 0.2) is 30.3 Å². The van der Waals surface area contributed by atoms with Crippen LogP contribution in [0.25, 0.3) is 0 Å². The second-order valence-electron chi connectivity index (χ2n) is 5.70. The van der Waals surface area contributed by atoms with E-state index in [9.17, 15) is 4.79 Å². The number of amides is 1. The highest BCUT2D eigenvalue weighted by molar-refractivity contribution is 5.81. The number of carbonyl (C=O) groups excluding carboxylic acids is 1. The van der Waals surface area contributed by atoms with E-state index in [4.69, 9.17) is 4.74 Å². The molecule has 0 aliphatic heterocycles. The molecule has 3 heteroatoms. The Morgan fingerprint density at radius 1 is 1.37 bits per heavy atom. The van der Waals surface area contributed by atoms with Gasteiger partial charge in [-0.3, -0.25) is 4.79 Å². The number of hydrogen-bond donors (Lipinski definition) is 1. The summed E-state index contributed by atoms with van der Waals surface area (Å²) in [7, 11) is 0. The fraction of sp³-hybridized carbons (Fsp3) is 0.562. The van der Waals surface area contributed by atoms with E-state index in [1.54, 1.807) is 0 Å². The van der Waals surface area contributed by atoms with Crippen LogP contribution in [0.3, 0.4) is 0 Å². The van der Waals surface area contributed by atoms with Crippen LogP contribution in [0.4, 0.5) is 0 Å². The zero-order valence-electron chi connectivity index (χ0n) is 11.8. The number of hydrogen-bond acceptors (Lipinski definition) is 2. The lowest BCUT2D eigenvalue weighted by molar-refractivity contribution is -0.122. The SMILES string of the molecule is CC(C)CCNC(=O)C1CC1COc1ccccc1. The third-order valence-corrected chi connectivity index (χ3v) is 3.49. The highest BCUT2D eigenvalue weighted by Crippen LogP contribution is 2.38. The van der Waals surface area contributed by atoms with Gasteiger partial charge in [-0.2, -0.15) is 0 Å². The quantitative estimate of drug-likeness (QED) is 0.819. The number of ether oxygens (including phenoxy) is 1. The zero-order chi connectivity index (χ0) is 13.7. The first-order chi connectivity index (χ1) is 9.16. The second kappa shape index (κ2) is 6.60. The van der Waals surface area contributed by atoms with E-state index in [0.29, 0.717) is 18.4 Å². The topological polar surface area (TPSA) is 38.3 Å². The number of nitrogens with one attached hydrogen (secondary N) is 1. The monoisotopic (exact) mass is 261 g/mol. The molecule has 0 saturated heterocycles. The molecule has 2 atom stereocenters. The van der Waals surface area contributed by atoms with Crippen LogP contribution in [0.5, 0.6) is 5.75 Å². The Morgan fingerprint density at radius 2 is 2.11 bits per heavy atom. The lowest BCUT2D eigenvalue weighted by atomic mass is 10.1. The zero-order valence-corrected chi connectivity index (χ0v) is 11.8. The molecule has 2 rings (SSSR count). The van der Waals surface area contributed by atoms with Crippen molar-refractivity contribution in [3.05, 3.63) is 30.3 Å². The molecule has 0 bridgehead atoms. The molecular weight excluding hydrogens is 238 g/mol. The Labute approximate surface area is 115 Å². The van der Waals surface area contributed by atoms with Crippen molar-refractivity contribution in [3.63, 3.8) is 0 Å². The maximum absolute atomic E-state index is 11.8. The van der Waals surface area contributed by atoms with Crippen LogP contribution < -0.4 is 10.1 Å². The van der Waals surface area contributed by atoms with Gasteiger partial charge in [0.1, 0.15) is 5.75 Å². The summed E-state index contributed by atoms with van der Waals surface area (Å²) in [6, 6.07) is 9.77. The summed E-state index contributed by atoms with van der Waals surface area (Å²) in [5.74, 6) is 2.27. The number of carbonyl (C=O) groups is 1. The minimum Gasteiger partial charge on any atom is -0.493 e. The first-order valence-corrected chi connectivity index (χ1v) is 7.12. The smallest absolute Gasteiger partial charge is 0.223 e.